The Bertz CT molecular complexity index is 2280. The number of aliphatic hydroxyl groups excluding tert-OH is 1. The highest BCUT2D eigenvalue weighted by Crippen LogP contribution is 2.47. The average Bonchev–Trinajstić information content (AvgIpc) is 3.90. The van der Waals surface area contributed by atoms with Crippen LogP contribution in [0.15, 0.2) is 125 Å². The molecule has 8 bridgehead atoms. The Labute approximate surface area is 290 Å². The average molecular weight is 672 g/mol. The highest BCUT2D eigenvalue weighted by molar-refractivity contribution is 6.31. The number of hydrogen-bond acceptors (Lipinski definition) is 7. The topological polar surface area (TPSA) is 111 Å². The fourth-order valence-electron chi connectivity index (χ4n) is 8.12. The van der Waals surface area contributed by atoms with Crippen LogP contribution in [-0.2, 0) is 9.53 Å². The molecule has 0 unspecified atom stereocenters. The molecular formula is C40H38ClN5O3. The monoisotopic (exact) mass is 671 g/mol. The van der Waals surface area contributed by atoms with Crippen molar-refractivity contribution >= 4 is 51.2 Å². The van der Waals surface area contributed by atoms with Gasteiger partial charge in [-0.05, 0) is 92.3 Å². The largest absolute Gasteiger partial charge is 0.511 e. The van der Waals surface area contributed by atoms with Gasteiger partial charge in [0, 0.05) is 80.5 Å². The van der Waals surface area contributed by atoms with Crippen molar-refractivity contribution in [1.82, 2.24) is 10.3 Å². The summed E-state index contributed by atoms with van der Waals surface area (Å²) in [4.78, 5) is 31.4. The van der Waals surface area contributed by atoms with Crippen LogP contribution < -0.4 is 5.32 Å². The molecule has 1 fully saturated rings. The van der Waals surface area contributed by atoms with Crippen molar-refractivity contribution in [2.75, 3.05) is 7.11 Å². The number of aromatic amines is 1. The van der Waals surface area contributed by atoms with Gasteiger partial charge in [-0.2, -0.15) is 0 Å². The first kappa shape index (κ1) is 31.3. The molecule has 6 aliphatic rings. The van der Waals surface area contributed by atoms with Crippen LogP contribution in [0.5, 0.6) is 0 Å². The molecule has 8 nitrogen and oxygen atoms in total. The highest BCUT2D eigenvalue weighted by Gasteiger charge is 2.41. The molecule has 1 aliphatic carbocycles. The van der Waals surface area contributed by atoms with Gasteiger partial charge in [0.1, 0.15) is 5.76 Å². The zero-order valence-electron chi connectivity index (χ0n) is 28.5. The number of H-pyrrole nitrogens is 1. The number of benzene rings is 1. The van der Waals surface area contributed by atoms with E-state index in [1.54, 1.807) is 0 Å². The van der Waals surface area contributed by atoms with Gasteiger partial charge in [0.25, 0.3) is 0 Å². The Morgan fingerprint density at radius 3 is 2.57 bits per heavy atom. The number of nitrogens with zero attached hydrogens (tertiary/aromatic N) is 3. The summed E-state index contributed by atoms with van der Waals surface area (Å²) in [5.41, 5.74) is 16.1. The first-order chi connectivity index (χ1) is 23.6. The molecule has 3 N–H and O–H groups in total. The molecule has 0 saturated carbocycles. The number of rotatable bonds is 5. The summed E-state index contributed by atoms with van der Waals surface area (Å²) in [5.74, 6) is 0.112. The molecule has 0 amide bonds. The van der Waals surface area contributed by atoms with E-state index in [0.717, 1.165) is 108 Å². The van der Waals surface area contributed by atoms with Crippen molar-refractivity contribution in [1.29, 1.82) is 0 Å². The zero-order chi connectivity index (χ0) is 34.3. The Morgan fingerprint density at radius 1 is 1.02 bits per heavy atom. The van der Waals surface area contributed by atoms with Gasteiger partial charge >= 0.3 is 5.97 Å². The number of allylic oxidation sites excluding steroid dienone is 12. The summed E-state index contributed by atoms with van der Waals surface area (Å²) >= 11 is 6.51. The summed E-state index contributed by atoms with van der Waals surface area (Å²) in [6, 6.07) is 5.89. The number of esters is 1. The number of fused-ring (bicyclic) bond motifs is 6. The lowest BCUT2D eigenvalue weighted by Gasteiger charge is -2.17. The fraction of sp³-hybridized carbons (Fsp3) is 0.300. The minimum Gasteiger partial charge on any atom is -0.511 e. The molecule has 0 radical (unpaired) electrons. The summed E-state index contributed by atoms with van der Waals surface area (Å²) in [5, 5.41) is 16.8. The second-order valence-corrected chi connectivity index (χ2v) is 13.9. The van der Waals surface area contributed by atoms with E-state index in [1.165, 1.54) is 7.11 Å². The maximum Gasteiger partial charge on any atom is 0.305 e. The Morgan fingerprint density at radius 2 is 1.80 bits per heavy atom. The Kier molecular flexibility index (Phi) is 7.41. The van der Waals surface area contributed by atoms with Crippen LogP contribution in [0, 0.1) is 11.8 Å². The van der Waals surface area contributed by atoms with Gasteiger partial charge in [-0.25, -0.2) is 15.0 Å². The van der Waals surface area contributed by atoms with Crippen LogP contribution in [-0.4, -0.2) is 40.3 Å². The van der Waals surface area contributed by atoms with Gasteiger partial charge < -0.3 is 20.1 Å². The number of nitrogens with one attached hydrogen (secondary N) is 2. The molecule has 2 aromatic rings. The summed E-state index contributed by atoms with van der Waals surface area (Å²) < 4.78 is 5.03. The number of hydrogen-bond donors (Lipinski definition) is 3. The number of ether oxygens (including phenoxy) is 1. The van der Waals surface area contributed by atoms with Crippen molar-refractivity contribution in [2.24, 2.45) is 26.8 Å². The van der Waals surface area contributed by atoms with Crippen molar-refractivity contribution in [3.05, 3.63) is 121 Å². The van der Waals surface area contributed by atoms with Gasteiger partial charge in [0.15, 0.2) is 0 Å². The molecular weight excluding hydrogens is 634 g/mol. The van der Waals surface area contributed by atoms with E-state index >= 15 is 0 Å². The van der Waals surface area contributed by atoms with Crippen molar-refractivity contribution < 1.29 is 14.6 Å². The molecule has 1 saturated heterocycles. The summed E-state index contributed by atoms with van der Waals surface area (Å²) in [6.45, 7) is 10.6. The predicted octanol–water partition coefficient (Wildman–Crippen LogP) is 8.90. The van der Waals surface area contributed by atoms with Crippen molar-refractivity contribution in [3.8, 4) is 0 Å². The number of aromatic nitrogens is 1. The maximum atomic E-state index is 12.4. The molecule has 6 heterocycles. The normalized spacial score (nSPS) is 23.0. The molecule has 49 heavy (non-hydrogen) atoms. The third-order valence-electron chi connectivity index (χ3n) is 10.9. The van der Waals surface area contributed by atoms with Crippen LogP contribution >= 0.6 is 11.6 Å². The molecule has 1 aromatic carbocycles. The number of carbonyl (C=O) groups is 1. The van der Waals surface area contributed by atoms with Gasteiger partial charge in [-0.15, -0.1) is 0 Å². The zero-order valence-corrected chi connectivity index (χ0v) is 29.3. The van der Waals surface area contributed by atoms with Crippen LogP contribution in [0.25, 0.3) is 16.5 Å². The van der Waals surface area contributed by atoms with E-state index < -0.39 is 0 Å². The molecule has 9 heteroatoms. The quantitative estimate of drug-likeness (QED) is 0.276. The van der Waals surface area contributed by atoms with Gasteiger partial charge in [0.2, 0.25) is 0 Å². The molecule has 248 valence electrons. The third-order valence-corrected chi connectivity index (χ3v) is 11.1. The summed E-state index contributed by atoms with van der Waals surface area (Å²) in [6.07, 6.45) is 10.4. The van der Waals surface area contributed by atoms with E-state index in [4.69, 9.17) is 31.3 Å². The van der Waals surface area contributed by atoms with Gasteiger partial charge in [-0.1, -0.05) is 25.4 Å². The second-order valence-electron chi connectivity index (χ2n) is 13.5. The minimum atomic E-state index is -0.242. The van der Waals surface area contributed by atoms with E-state index in [1.807, 2.05) is 31.3 Å². The molecule has 5 aliphatic heterocycles. The molecule has 1 aromatic heterocycles. The third kappa shape index (κ3) is 4.87. The highest BCUT2D eigenvalue weighted by atomic mass is 35.5. The Hall–Kier alpha value is -4.95. The number of aliphatic hydroxyl groups is 1. The molecule has 0 spiro atoms. The lowest BCUT2D eigenvalue weighted by atomic mass is 9.86. The van der Waals surface area contributed by atoms with Crippen LogP contribution in [0.1, 0.15) is 65.9 Å². The first-order valence-electron chi connectivity index (χ1n) is 16.9. The first-order valence-corrected chi connectivity index (χ1v) is 17.3. The van der Waals surface area contributed by atoms with E-state index in [2.05, 4.69) is 56.2 Å². The number of methoxy groups -OCH3 is 1. The molecule has 8 rings (SSSR count). The molecule has 2 atom stereocenters. The predicted molar refractivity (Wildman–Crippen MR) is 196 cm³/mol. The van der Waals surface area contributed by atoms with Crippen LogP contribution in [0.4, 0.5) is 0 Å². The Balaban J connectivity index is 1.38. The fourth-order valence-corrected chi connectivity index (χ4v) is 8.29. The minimum absolute atomic E-state index is 0.0102. The lowest BCUT2D eigenvalue weighted by molar-refractivity contribution is -0.140. The standard InChI is InChI=1S/C40H38ClN5O3/c1-7-23-18(2)29-16-34-37(27-17-42-28-10-8-22(41)12-25(27)28)20(4)31(44-34)14-30-19(3)24(9-11-36(48)49-6)39(45-30)26-13-35(47)38-21(5)32(46-40(26)38)15-33(23)43-29/h8,10,12,14-17,19,24,42,45,47H,7,9,11,13H2,1-6H3/t19-,24-/m0/s1. The van der Waals surface area contributed by atoms with Gasteiger partial charge in [-0.3, -0.25) is 4.79 Å². The lowest BCUT2D eigenvalue weighted by Crippen LogP contribution is -2.16. The number of halogens is 1. The SMILES string of the molecule is CCC1=C(C)C2=NC1=CC1=C(C)C3=C(O)CC(=C4NC(=CC5=NC(=C2)C(c2c[nH]c6ccc(Cl)cc26)=C5C)[C@@H](C)[C@@H]4CCC(=O)OC)C3=N1. The smallest absolute Gasteiger partial charge is 0.305 e. The summed E-state index contributed by atoms with van der Waals surface area (Å²) in [7, 11) is 1.43. The number of carbonyl (C=O) groups excluding carboxylic acids is 1. The maximum absolute atomic E-state index is 12.4. The van der Waals surface area contributed by atoms with Crippen LogP contribution in [0.2, 0.25) is 5.02 Å². The van der Waals surface area contributed by atoms with E-state index in [-0.39, 0.29) is 24.2 Å². The number of aliphatic imine (C=N–C) groups is 3. The van der Waals surface area contributed by atoms with Crippen molar-refractivity contribution in [3.63, 3.8) is 0 Å². The second kappa shape index (κ2) is 11.6. The van der Waals surface area contributed by atoms with E-state index in [9.17, 15) is 9.90 Å². The van der Waals surface area contributed by atoms with Crippen molar-refractivity contribution in [2.45, 2.75) is 60.3 Å². The van der Waals surface area contributed by atoms with E-state index in [0.29, 0.717) is 23.6 Å². The van der Waals surface area contributed by atoms with Gasteiger partial charge in [0.05, 0.1) is 41.3 Å². The van der Waals surface area contributed by atoms with Crippen LogP contribution in [0.3, 0.4) is 0 Å².